The number of hydrogen-bond donors (Lipinski definition) is 2. The van der Waals surface area contributed by atoms with Crippen LogP contribution in [0.1, 0.15) is 52.9 Å². The van der Waals surface area contributed by atoms with Crippen LogP contribution in [0.5, 0.6) is 0 Å². The van der Waals surface area contributed by atoms with Gasteiger partial charge in [0.1, 0.15) is 5.84 Å². The van der Waals surface area contributed by atoms with Crippen molar-refractivity contribution in [2.75, 3.05) is 6.61 Å². The molecule has 1 fully saturated rings. The van der Waals surface area contributed by atoms with E-state index in [1.54, 1.807) is 0 Å². The van der Waals surface area contributed by atoms with Gasteiger partial charge in [0.15, 0.2) is 6.23 Å². The normalized spacial score (nSPS) is 21.4. The molecule has 0 bridgehead atoms. The van der Waals surface area contributed by atoms with E-state index in [-0.39, 0.29) is 18.2 Å². The summed E-state index contributed by atoms with van der Waals surface area (Å²) in [6, 6.07) is 0. The first-order valence-corrected chi connectivity index (χ1v) is 8.12. The lowest BCUT2D eigenvalue weighted by Crippen LogP contribution is -2.31. The molecule has 0 saturated carbocycles. The van der Waals surface area contributed by atoms with Crippen LogP contribution in [0, 0.1) is 0 Å². The smallest absolute Gasteiger partial charge is 0.412 e. The molecule has 1 saturated heterocycles. The number of aliphatic imine (C=N–C) groups is 1. The molecule has 0 aromatic rings. The molecule has 0 aromatic carbocycles. The lowest BCUT2D eigenvalue weighted by atomic mass is 10.2. The maximum atomic E-state index is 11.8. The Hall–Kier alpha value is -1.89. The molecule has 2 atom stereocenters. The lowest BCUT2D eigenvalue weighted by molar-refractivity contribution is -0.118. The molecule has 23 heavy (non-hydrogen) atoms. The van der Waals surface area contributed by atoms with Crippen LogP contribution in [0.25, 0.3) is 0 Å². The Labute approximate surface area is 137 Å². The molecule has 0 aliphatic carbocycles. The fourth-order valence-electron chi connectivity index (χ4n) is 2.04. The maximum Gasteiger partial charge on any atom is 0.412 e. The molecule has 0 radical (unpaired) electrons. The summed E-state index contributed by atoms with van der Waals surface area (Å²) in [4.78, 5) is 27.0. The third-order valence-electron chi connectivity index (χ3n) is 3.23. The van der Waals surface area contributed by atoms with Crippen molar-refractivity contribution in [3.63, 3.8) is 0 Å². The van der Waals surface area contributed by atoms with E-state index in [0.29, 0.717) is 12.4 Å². The van der Waals surface area contributed by atoms with Crippen LogP contribution in [-0.4, -0.2) is 36.8 Å². The number of alkyl carbamates (subject to hydrolysis) is 1. The predicted molar refractivity (Wildman–Crippen MR) is 88.0 cm³/mol. The molecule has 130 valence electrons. The predicted octanol–water partition coefficient (Wildman–Crippen LogP) is 2.48. The molecule has 7 nitrogen and oxygen atoms in total. The Bertz CT molecular complexity index is 449. The standard InChI is InChI=1S/C16H27N3O4/c1-4-5-6-11-22-16(21)19-14(9-10-17-13(3)20)18-15-8-7-12(2)23-15/h9-10,12,15H,4-8,11H2,1-3H3,(H,17,20)(H,18,19,21)/b10-9-. The molecule has 1 heterocycles. The van der Waals surface area contributed by atoms with E-state index < -0.39 is 6.09 Å². The Kier molecular flexibility index (Phi) is 8.97. The van der Waals surface area contributed by atoms with Gasteiger partial charge in [-0.15, -0.1) is 0 Å². The van der Waals surface area contributed by atoms with Crippen molar-refractivity contribution in [1.82, 2.24) is 10.6 Å². The Morgan fingerprint density at radius 1 is 1.35 bits per heavy atom. The first-order chi connectivity index (χ1) is 11.0. The number of amidine groups is 1. The van der Waals surface area contributed by atoms with Gasteiger partial charge in [0.25, 0.3) is 0 Å². The van der Waals surface area contributed by atoms with Gasteiger partial charge in [0.05, 0.1) is 12.7 Å². The van der Waals surface area contributed by atoms with Crippen LogP contribution >= 0.6 is 0 Å². The second-order valence-electron chi connectivity index (χ2n) is 5.49. The van der Waals surface area contributed by atoms with Gasteiger partial charge in [-0.25, -0.2) is 9.79 Å². The minimum absolute atomic E-state index is 0.158. The summed E-state index contributed by atoms with van der Waals surface area (Å²) in [5.41, 5.74) is 0. The Morgan fingerprint density at radius 3 is 2.74 bits per heavy atom. The summed E-state index contributed by atoms with van der Waals surface area (Å²) < 4.78 is 10.7. The Morgan fingerprint density at radius 2 is 2.13 bits per heavy atom. The molecule has 7 heteroatoms. The van der Waals surface area contributed by atoms with E-state index in [4.69, 9.17) is 9.47 Å². The van der Waals surface area contributed by atoms with Crippen LogP contribution in [0.15, 0.2) is 17.3 Å². The van der Waals surface area contributed by atoms with Gasteiger partial charge >= 0.3 is 6.09 Å². The molecule has 1 rings (SSSR count). The molecule has 0 spiro atoms. The number of nitrogens with one attached hydrogen (secondary N) is 2. The number of carbonyl (C=O) groups excluding carboxylic acids is 2. The number of carbonyl (C=O) groups is 2. The quantitative estimate of drug-likeness (QED) is 0.427. The van der Waals surface area contributed by atoms with Gasteiger partial charge in [0, 0.05) is 13.1 Å². The van der Waals surface area contributed by atoms with E-state index >= 15 is 0 Å². The Balaban J connectivity index is 2.56. The third-order valence-corrected chi connectivity index (χ3v) is 3.23. The fraction of sp³-hybridized carbons (Fsp3) is 0.688. The van der Waals surface area contributed by atoms with Crippen molar-refractivity contribution in [1.29, 1.82) is 0 Å². The summed E-state index contributed by atoms with van der Waals surface area (Å²) in [5, 5.41) is 5.09. The number of nitrogens with zero attached hydrogens (tertiary/aromatic N) is 1. The number of rotatable bonds is 7. The molecule has 1 aliphatic rings. The third kappa shape index (κ3) is 8.97. The highest BCUT2D eigenvalue weighted by Crippen LogP contribution is 2.19. The molecular formula is C16H27N3O4. The molecule has 1 aliphatic heterocycles. The van der Waals surface area contributed by atoms with Crippen molar-refractivity contribution in [3.8, 4) is 0 Å². The van der Waals surface area contributed by atoms with E-state index in [1.165, 1.54) is 19.2 Å². The molecule has 2 unspecified atom stereocenters. The first kappa shape index (κ1) is 19.2. The van der Waals surface area contributed by atoms with Crippen molar-refractivity contribution in [2.24, 2.45) is 4.99 Å². The molecule has 2 amide bonds. The van der Waals surface area contributed by atoms with Gasteiger partial charge in [-0.1, -0.05) is 19.8 Å². The number of amides is 2. The number of hydrogen-bond acceptors (Lipinski definition) is 5. The molecule has 0 aromatic heterocycles. The highest BCUT2D eigenvalue weighted by atomic mass is 16.5. The topological polar surface area (TPSA) is 89.0 Å². The highest BCUT2D eigenvalue weighted by Gasteiger charge is 2.21. The average molecular weight is 325 g/mol. The fourth-order valence-corrected chi connectivity index (χ4v) is 2.04. The minimum atomic E-state index is -0.557. The largest absolute Gasteiger partial charge is 0.449 e. The summed E-state index contributed by atoms with van der Waals surface area (Å²) in [7, 11) is 0. The molecule has 2 N–H and O–H groups in total. The van der Waals surface area contributed by atoms with Gasteiger partial charge in [-0.3, -0.25) is 10.1 Å². The van der Waals surface area contributed by atoms with Crippen molar-refractivity contribution in [2.45, 2.75) is 65.2 Å². The van der Waals surface area contributed by atoms with Gasteiger partial charge < -0.3 is 14.8 Å². The van der Waals surface area contributed by atoms with E-state index in [2.05, 4.69) is 22.5 Å². The summed E-state index contributed by atoms with van der Waals surface area (Å²) in [6.07, 6.45) is 6.90. The second-order valence-corrected chi connectivity index (χ2v) is 5.49. The number of ether oxygens (including phenoxy) is 2. The SMILES string of the molecule is CCCCCOC(=O)NC(/C=C\NC(C)=O)=N/C1CCC(C)O1. The average Bonchev–Trinajstić information content (AvgIpc) is 2.88. The van der Waals surface area contributed by atoms with E-state index in [9.17, 15) is 9.59 Å². The van der Waals surface area contributed by atoms with Crippen LogP contribution in [-0.2, 0) is 14.3 Å². The van der Waals surface area contributed by atoms with Crippen LogP contribution in [0.3, 0.4) is 0 Å². The van der Waals surface area contributed by atoms with Crippen LogP contribution in [0.4, 0.5) is 4.79 Å². The van der Waals surface area contributed by atoms with E-state index in [1.807, 2.05) is 6.92 Å². The zero-order valence-electron chi connectivity index (χ0n) is 14.1. The van der Waals surface area contributed by atoms with E-state index in [0.717, 1.165) is 32.1 Å². The van der Waals surface area contributed by atoms with Crippen molar-refractivity contribution >= 4 is 17.8 Å². The summed E-state index contributed by atoms with van der Waals surface area (Å²) >= 11 is 0. The van der Waals surface area contributed by atoms with Crippen LogP contribution in [0.2, 0.25) is 0 Å². The maximum absolute atomic E-state index is 11.8. The van der Waals surface area contributed by atoms with Crippen molar-refractivity contribution in [3.05, 3.63) is 12.3 Å². The zero-order chi connectivity index (χ0) is 17.1. The summed E-state index contributed by atoms with van der Waals surface area (Å²) in [5.74, 6) is 0.104. The first-order valence-electron chi connectivity index (χ1n) is 8.12. The second kappa shape index (κ2) is 10.8. The highest BCUT2D eigenvalue weighted by molar-refractivity contribution is 6.02. The van der Waals surface area contributed by atoms with Gasteiger partial charge in [-0.05, 0) is 32.3 Å². The van der Waals surface area contributed by atoms with Gasteiger partial charge in [0.2, 0.25) is 5.91 Å². The summed E-state index contributed by atoms with van der Waals surface area (Å²) in [6.45, 7) is 5.84. The van der Waals surface area contributed by atoms with Crippen molar-refractivity contribution < 1.29 is 19.1 Å². The van der Waals surface area contributed by atoms with Crippen LogP contribution < -0.4 is 10.6 Å². The molecular weight excluding hydrogens is 298 g/mol. The van der Waals surface area contributed by atoms with Gasteiger partial charge in [-0.2, -0.15) is 0 Å². The number of unbranched alkanes of at least 4 members (excludes halogenated alkanes) is 2. The lowest BCUT2D eigenvalue weighted by Gasteiger charge is -2.10. The minimum Gasteiger partial charge on any atom is -0.449 e. The monoisotopic (exact) mass is 325 g/mol. The zero-order valence-corrected chi connectivity index (χ0v) is 14.1.